The van der Waals surface area contributed by atoms with Crippen LogP contribution in [0.3, 0.4) is 0 Å². The number of para-hydroxylation sites is 1. The molecule has 0 spiro atoms. The van der Waals surface area contributed by atoms with Crippen molar-refractivity contribution in [1.29, 1.82) is 0 Å². The van der Waals surface area contributed by atoms with Gasteiger partial charge in [0.25, 0.3) is 0 Å². The van der Waals surface area contributed by atoms with E-state index in [4.69, 9.17) is 23.8 Å². The van der Waals surface area contributed by atoms with Crippen LogP contribution in [0.5, 0.6) is 0 Å². The fraction of sp³-hybridized carbons (Fsp3) is 0.316. The van der Waals surface area contributed by atoms with Crippen molar-refractivity contribution in [3.8, 4) is 0 Å². The van der Waals surface area contributed by atoms with Gasteiger partial charge in [-0.2, -0.15) is 13.2 Å². The van der Waals surface area contributed by atoms with Gasteiger partial charge in [0.1, 0.15) is 0 Å². The highest BCUT2D eigenvalue weighted by atomic mass is 35.5. The number of hydrogen-bond acceptors (Lipinski definition) is 2. The van der Waals surface area contributed by atoms with E-state index in [0.717, 1.165) is 36.3 Å². The molecule has 1 heterocycles. The Kier molecular flexibility index (Phi) is 6.24. The summed E-state index contributed by atoms with van der Waals surface area (Å²) in [6.07, 6.45) is -4.42. The summed E-state index contributed by atoms with van der Waals surface area (Å²) >= 11 is 11.5. The lowest BCUT2D eigenvalue weighted by molar-refractivity contribution is -0.136. The molecular formula is C19H19ClF3N3S. The molecule has 3 nitrogen and oxygen atoms in total. The van der Waals surface area contributed by atoms with Crippen LogP contribution in [0.25, 0.3) is 0 Å². The van der Waals surface area contributed by atoms with E-state index < -0.39 is 11.7 Å². The standard InChI is InChI=1S/C19H19ClF3N3S/c20-16-7-3-1-5-14(16)13-25-9-11-26(12-10-25)18(27)24-17-8-4-2-6-15(17)19(21,22)23/h1-8H,9-13H2,(H,24,27). The van der Waals surface area contributed by atoms with Crippen molar-refractivity contribution in [2.24, 2.45) is 0 Å². The average molecular weight is 414 g/mol. The second kappa shape index (κ2) is 8.46. The molecule has 2 aromatic carbocycles. The summed E-state index contributed by atoms with van der Waals surface area (Å²) in [5.41, 5.74) is 0.325. The van der Waals surface area contributed by atoms with Crippen LogP contribution in [0, 0.1) is 0 Å². The highest BCUT2D eigenvalue weighted by molar-refractivity contribution is 7.80. The van der Waals surface area contributed by atoms with Crippen LogP contribution < -0.4 is 5.32 Å². The van der Waals surface area contributed by atoms with Crippen LogP contribution in [-0.2, 0) is 12.7 Å². The Morgan fingerprint density at radius 2 is 1.63 bits per heavy atom. The smallest absolute Gasteiger partial charge is 0.346 e. The van der Waals surface area contributed by atoms with Crippen molar-refractivity contribution in [3.05, 3.63) is 64.7 Å². The SMILES string of the molecule is FC(F)(F)c1ccccc1NC(=S)N1CCN(Cc2ccccc2Cl)CC1. The number of alkyl halides is 3. The quantitative estimate of drug-likeness (QED) is 0.723. The molecule has 0 unspecified atom stereocenters. The number of anilines is 1. The van der Waals surface area contributed by atoms with Crippen molar-refractivity contribution >= 4 is 34.6 Å². The summed E-state index contributed by atoms with van der Waals surface area (Å²) in [7, 11) is 0. The molecule has 0 amide bonds. The van der Waals surface area contributed by atoms with Gasteiger partial charge in [-0.3, -0.25) is 4.90 Å². The molecule has 0 aromatic heterocycles. The number of nitrogens with one attached hydrogen (secondary N) is 1. The summed E-state index contributed by atoms with van der Waals surface area (Å²) < 4.78 is 39.4. The minimum atomic E-state index is -4.42. The van der Waals surface area contributed by atoms with Gasteiger partial charge >= 0.3 is 6.18 Å². The Morgan fingerprint density at radius 1 is 1.00 bits per heavy atom. The zero-order chi connectivity index (χ0) is 19.4. The maximum atomic E-state index is 13.1. The van der Waals surface area contributed by atoms with Crippen molar-refractivity contribution in [1.82, 2.24) is 9.80 Å². The highest BCUT2D eigenvalue weighted by Crippen LogP contribution is 2.34. The number of thiocarbonyl (C=S) groups is 1. The molecule has 144 valence electrons. The van der Waals surface area contributed by atoms with Gasteiger partial charge in [-0.15, -0.1) is 0 Å². The van der Waals surface area contributed by atoms with Crippen LogP contribution in [0.15, 0.2) is 48.5 Å². The van der Waals surface area contributed by atoms with Crippen LogP contribution >= 0.6 is 23.8 Å². The van der Waals surface area contributed by atoms with Crippen LogP contribution in [0.1, 0.15) is 11.1 Å². The molecule has 0 bridgehead atoms. The van der Waals surface area contributed by atoms with E-state index in [1.54, 1.807) is 6.07 Å². The normalized spacial score (nSPS) is 15.6. The third kappa shape index (κ3) is 5.12. The van der Waals surface area contributed by atoms with Gasteiger partial charge in [0.2, 0.25) is 0 Å². The molecule has 1 aliphatic rings. The number of rotatable bonds is 3. The topological polar surface area (TPSA) is 18.5 Å². The number of halogens is 4. The van der Waals surface area contributed by atoms with Crippen molar-refractivity contribution in [2.45, 2.75) is 12.7 Å². The first-order chi connectivity index (χ1) is 12.8. The molecule has 2 aromatic rings. The Morgan fingerprint density at radius 3 is 2.30 bits per heavy atom. The van der Waals surface area contributed by atoms with E-state index in [1.165, 1.54) is 12.1 Å². The van der Waals surface area contributed by atoms with Crippen molar-refractivity contribution in [3.63, 3.8) is 0 Å². The van der Waals surface area contributed by atoms with Gasteiger partial charge in [0.05, 0.1) is 11.3 Å². The summed E-state index contributed by atoms with van der Waals surface area (Å²) in [6, 6.07) is 13.1. The van der Waals surface area contributed by atoms with Gasteiger partial charge in [0.15, 0.2) is 5.11 Å². The maximum absolute atomic E-state index is 13.1. The first kappa shape index (κ1) is 19.9. The zero-order valence-electron chi connectivity index (χ0n) is 14.5. The molecule has 1 N–H and O–H groups in total. The van der Waals surface area contributed by atoms with Crippen molar-refractivity contribution < 1.29 is 13.2 Å². The number of hydrogen-bond donors (Lipinski definition) is 1. The fourth-order valence-electron chi connectivity index (χ4n) is 3.01. The predicted molar refractivity (Wildman–Crippen MR) is 106 cm³/mol. The first-order valence-corrected chi connectivity index (χ1v) is 9.31. The largest absolute Gasteiger partial charge is 0.418 e. The van der Waals surface area contributed by atoms with E-state index in [9.17, 15) is 13.2 Å². The van der Waals surface area contributed by atoms with E-state index in [1.807, 2.05) is 29.2 Å². The molecule has 8 heteroatoms. The van der Waals surface area contributed by atoms with E-state index in [2.05, 4.69) is 10.2 Å². The molecule has 27 heavy (non-hydrogen) atoms. The van der Waals surface area contributed by atoms with Crippen LogP contribution in [0.4, 0.5) is 18.9 Å². The van der Waals surface area contributed by atoms with Gasteiger partial charge in [-0.1, -0.05) is 41.9 Å². The first-order valence-electron chi connectivity index (χ1n) is 8.52. The maximum Gasteiger partial charge on any atom is 0.418 e. The second-order valence-electron chi connectivity index (χ2n) is 6.33. The molecule has 3 rings (SSSR count). The van der Waals surface area contributed by atoms with Gasteiger partial charge < -0.3 is 10.2 Å². The zero-order valence-corrected chi connectivity index (χ0v) is 16.0. The lowest BCUT2D eigenvalue weighted by atomic mass is 10.1. The molecule has 0 aliphatic carbocycles. The Bertz CT molecular complexity index is 805. The molecule has 0 atom stereocenters. The molecule has 1 fully saturated rings. The summed E-state index contributed by atoms with van der Waals surface area (Å²) in [5.74, 6) is 0. The Balaban J connectivity index is 1.57. The summed E-state index contributed by atoms with van der Waals surface area (Å²) in [4.78, 5) is 4.15. The van der Waals surface area contributed by atoms with E-state index in [0.29, 0.717) is 18.2 Å². The Hall–Kier alpha value is -1.83. The molecule has 1 aliphatic heterocycles. The third-order valence-corrected chi connectivity index (χ3v) is 5.21. The van der Waals surface area contributed by atoms with Gasteiger partial charge in [-0.25, -0.2) is 0 Å². The number of piperazine rings is 1. The van der Waals surface area contributed by atoms with Crippen LogP contribution in [0.2, 0.25) is 5.02 Å². The van der Waals surface area contributed by atoms with E-state index in [-0.39, 0.29) is 5.69 Å². The lowest BCUT2D eigenvalue weighted by Crippen LogP contribution is -2.49. The summed E-state index contributed by atoms with van der Waals surface area (Å²) in [6.45, 7) is 3.54. The number of nitrogens with zero attached hydrogens (tertiary/aromatic N) is 2. The third-order valence-electron chi connectivity index (χ3n) is 4.49. The number of benzene rings is 2. The van der Waals surface area contributed by atoms with E-state index >= 15 is 0 Å². The van der Waals surface area contributed by atoms with Gasteiger partial charge in [-0.05, 0) is 36.0 Å². The van der Waals surface area contributed by atoms with Crippen molar-refractivity contribution in [2.75, 3.05) is 31.5 Å². The fourth-order valence-corrected chi connectivity index (χ4v) is 3.50. The molecule has 1 saturated heterocycles. The Labute approximate surface area is 166 Å². The molecule has 0 radical (unpaired) electrons. The minimum Gasteiger partial charge on any atom is -0.346 e. The monoisotopic (exact) mass is 413 g/mol. The van der Waals surface area contributed by atoms with Gasteiger partial charge in [0, 0.05) is 37.7 Å². The lowest BCUT2D eigenvalue weighted by Gasteiger charge is -2.36. The second-order valence-corrected chi connectivity index (χ2v) is 7.12. The minimum absolute atomic E-state index is 0.0199. The highest BCUT2D eigenvalue weighted by Gasteiger charge is 2.33. The molecule has 0 saturated carbocycles. The summed E-state index contributed by atoms with van der Waals surface area (Å²) in [5, 5.41) is 3.80. The van der Waals surface area contributed by atoms with Crippen LogP contribution in [-0.4, -0.2) is 41.1 Å². The average Bonchev–Trinajstić information content (AvgIpc) is 2.64. The molecular weight excluding hydrogens is 395 g/mol. The predicted octanol–water partition coefficient (Wildman–Crippen LogP) is 4.87.